The van der Waals surface area contributed by atoms with Gasteiger partial charge in [0.05, 0.1) is 70.9 Å². The number of hydrogen-bond donors (Lipinski definition) is 3. The molecule has 20 nitrogen and oxygen atoms in total. The Morgan fingerprint density at radius 3 is 1.47 bits per heavy atom. The molecule has 0 fully saturated rings. The zero-order chi connectivity index (χ0) is 59.9. The number of carbonyl (C=O) groups is 4. The number of anilines is 1. The zero-order valence-corrected chi connectivity index (χ0v) is 46.3. The maximum Gasteiger partial charge on any atom is 0.420 e. The van der Waals surface area contributed by atoms with Crippen molar-refractivity contribution in [2.75, 3.05) is 31.1 Å². The van der Waals surface area contributed by atoms with Gasteiger partial charge in [0.1, 0.15) is 28.6 Å². The Hall–Kier alpha value is -8.91. The smallest absolute Gasteiger partial charge is 0.420 e. The number of nitrogens with zero attached hydrogens (tertiary/aromatic N) is 4. The van der Waals surface area contributed by atoms with Crippen LogP contribution in [0.5, 0.6) is 23.0 Å². The Bertz CT molecular complexity index is 3490. The summed E-state index contributed by atoms with van der Waals surface area (Å²) in [4.78, 5) is 47.7. The van der Waals surface area contributed by atoms with Crippen LogP contribution in [0.4, 0.5) is 41.6 Å². The summed E-state index contributed by atoms with van der Waals surface area (Å²) >= 11 is -2.73. The van der Waals surface area contributed by atoms with Gasteiger partial charge in [0.15, 0.2) is 0 Å². The largest absolute Gasteiger partial charge is 0.494 e. The number of nitrogens with two attached hydrogens (primary N) is 1. The molecule has 0 saturated heterocycles. The monoisotopic (exact) mass is 1180 g/mol. The Balaban J connectivity index is 1.07. The first-order chi connectivity index (χ1) is 39.7. The highest BCUT2D eigenvalue weighted by Gasteiger charge is 2.36. The first-order valence-electron chi connectivity index (χ1n) is 25.5. The highest BCUT2D eigenvalue weighted by atomic mass is 32.2. The molecule has 436 valence electrons. The van der Waals surface area contributed by atoms with Gasteiger partial charge in [0.2, 0.25) is 10.0 Å². The number of ether oxygens (including phenoxy) is 6. The molecule has 4 N–H and O–H groups in total. The SMILES string of the molecule is C=CC(=O)OCCCCCCOc1ccc(C(=O)Oc2ccc(N=Nc3ccc(-c4ccc(N=Nc5ccc(OC(=O)c6ccc(OCCCCCCOC(=O)C=C)cc6)c(C(F)(F)F)c5)cc4NS(=O)O)c(S(N)(=O)=O)c3)cc2C)cc1. The Labute approximate surface area is 478 Å². The van der Waals surface area contributed by atoms with E-state index in [4.69, 9.17) is 33.6 Å². The molecule has 25 heteroatoms. The van der Waals surface area contributed by atoms with Crippen molar-refractivity contribution in [2.45, 2.75) is 69.4 Å². The van der Waals surface area contributed by atoms with Crippen molar-refractivity contribution >= 4 is 73.6 Å². The summed E-state index contributed by atoms with van der Waals surface area (Å²) in [6, 6.07) is 27.1. The van der Waals surface area contributed by atoms with E-state index in [2.05, 4.69) is 38.3 Å². The van der Waals surface area contributed by atoms with Gasteiger partial charge in [0, 0.05) is 23.3 Å². The number of azo groups is 2. The van der Waals surface area contributed by atoms with Crippen LogP contribution in [0.3, 0.4) is 0 Å². The number of halogens is 3. The van der Waals surface area contributed by atoms with Crippen LogP contribution in [0.1, 0.15) is 83.2 Å². The maximum atomic E-state index is 14.4. The van der Waals surface area contributed by atoms with Crippen molar-refractivity contribution in [3.05, 3.63) is 169 Å². The second-order valence-corrected chi connectivity index (χ2v) is 20.2. The molecule has 1 atom stereocenters. The third kappa shape index (κ3) is 20.2. The van der Waals surface area contributed by atoms with Gasteiger partial charge < -0.3 is 28.4 Å². The van der Waals surface area contributed by atoms with E-state index in [0.29, 0.717) is 61.5 Å². The number of unbranched alkanes of at least 4 members (excludes halogenated alkanes) is 6. The molecule has 0 aliphatic rings. The average Bonchev–Trinajstić information content (AvgIpc) is 3.66. The Morgan fingerprint density at radius 2 is 1.01 bits per heavy atom. The molecular weight excluding hydrogens is 1130 g/mol. The molecule has 0 saturated carbocycles. The normalized spacial score (nSPS) is 11.9. The molecular formula is C58H57F3N6O14S2. The molecule has 6 aromatic rings. The molecule has 0 radical (unpaired) electrons. The van der Waals surface area contributed by atoms with Gasteiger partial charge in [-0.05, 0) is 173 Å². The minimum Gasteiger partial charge on any atom is -0.494 e. The third-order valence-corrected chi connectivity index (χ3v) is 13.1. The summed E-state index contributed by atoms with van der Waals surface area (Å²) in [5.74, 6) is -2.18. The van der Waals surface area contributed by atoms with E-state index in [-0.39, 0.29) is 57.4 Å². The van der Waals surface area contributed by atoms with E-state index < -0.39 is 67.6 Å². The van der Waals surface area contributed by atoms with Crippen LogP contribution in [0.2, 0.25) is 0 Å². The quantitative estimate of drug-likeness (QED) is 0.00944. The number of esters is 4. The first-order valence-corrected chi connectivity index (χ1v) is 28.2. The molecule has 0 amide bonds. The standard InChI is InChI=1S/C58H57F3N6O14S2/c1-4-54(68)78-32-12-8-6-10-30-76-45-22-14-39(15-23-45)56(70)80-51-28-20-41(34-38(51)3)63-66-44-19-27-48(53(37-44)83(62,74)75)47-26-18-43(36-50(47)67-82(72)73)65-64-42-21-29-52(49(35-42)58(59,60)61)81-57(71)40-16-24-46(25-17-40)77-31-11-7-9-13-33-79-55(69)5-2/h4-5,14-29,34-37,67H,1-2,6-13,30-33H2,3H3,(H,72,73)(H2,62,74,75). The molecule has 1 unspecified atom stereocenters. The number of nitrogens with one attached hydrogen (secondary N) is 1. The summed E-state index contributed by atoms with van der Waals surface area (Å²) in [7, 11) is -4.52. The summed E-state index contributed by atoms with van der Waals surface area (Å²) in [6.45, 7) is 9.83. The molecule has 6 aromatic carbocycles. The van der Waals surface area contributed by atoms with Crippen LogP contribution in [0.25, 0.3) is 11.1 Å². The van der Waals surface area contributed by atoms with Gasteiger partial charge in [-0.2, -0.15) is 33.6 Å². The van der Waals surface area contributed by atoms with E-state index >= 15 is 0 Å². The summed E-state index contributed by atoms with van der Waals surface area (Å²) in [6.07, 6.45) is 3.49. The number of primary sulfonamides is 1. The maximum absolute atomic E-state index is 14.4. The van der Waals surface area contributed by atoms with Crippen molar-refractivity contribution in [1.82, 2.24) is 0 Å². The molecule has 83 heavy (non-hydrogen) atoms. The zero-order valence-electron chi connectivity index (χ0n) is 44.7. The van der Waals surface area contributed by atoms with Gasteiger partial charge >= 0.3 is 30.1 Å². The average molecular weight is 1180 g/mol. The number of alkyl halides is 3. The second kappa shape index (κ2) is 30.8. The van der Waals surface area contributed by atoms with Gasteiger partial charge in [-0.3, -0.25) is 9.27 Å². The third-order valence-electron chi connectivity index (χ3n) is 11.8. The van der Waals surface area contributed by atoms with E-state index in [1.54, 1.807) is 37.3 Å². The van der Waals surface area contributed by atoms with Gasteiger partial charge in [-0.25, -0.2) is 36.9 Å². The van der Waals surface area contributed by atoms with E-state index in [1.807, 2.05) is 0 Å². The summed E-state index contributed by atoms with van der Waals surface area (Å²) < 4.78 is 125. The van der Waals surface area contributed by atoms with Crippen molar-refractivity contribution in [1.29, 1.82) is 0 Å². The van der Waals surface area contributed by atoms with Crippen LogP contribution in [0, 0.1) is 6.92 Å². The minimum absolute atomic E-state index is 0.0364. The molecule has 0 heterocycles. The molecule has 0 bridgehead atoms. The summed E-state index contributed by atoms with van der Waals surface area (Å²) in [5.41, 5.74) is -0.771. The number of rotatable bonds is 30. The first kappa shape index (κ1) is 63.3. The van der Waals surface area contributed by atoms with Crippen LogP contribution in [-0.4, -0.2) is 67.5 Å². The van der Waals surface area contributed by atoms with Crippen molar-refractivity contribution in [2.24, 2.45) is 25.6 Å². The van der Waals surface area contributed by atoms with Crippen molar-refractivity contribution < 1.29 is 78.0 Å². The fourth-order valence-corrected chi connectivity index (χ4v) is 8.75. The number of benzene rings is 6. The van der Waals surface area contributed by atoms with Gasteiger partial charge in [-0.1, -0.05) is 25.3 Å². The number of sulfonamides is 1. The molecule has 0 spiro atoms. The van der Waals surface area contributed by atoms with Crippen molar-refractivity contribution in [3.8, 4) is 34.1 Å². The topological polar surface area (TPSA) is 283 Å². The Morgan fingerprint density at radius 1 is 0.590 bits per heavy atom. The molecule has 0 aliphatic carbocycles. The number of hydrogen-bond acceptors (Lipinski definition) is 17. The lowest BCUT2D eigenvalue weighted by Gasteiger charge is -2.14. The minimum atomic E-state index is -5.01. The molecule has 0 aromatic heterocycles. The van der Waals surface area contributed by atoms with Crippen LogP contribution in [0.15, 0.2) is 172 Å². The van der Waals surface area contributed by atoms with Gasteiger partial charge in [-0.15, -0.1) is 0 Å². The lowest BCUT2D eigenvalue weighted by atomic mass is 10.0. The Kier molecular flexibility index (Phi) is 23.5. The lowest BCUT2D eigenvalue weighted by Crippen LogP contribution is -2.14. The van der Waals surface area contributed by atoms with Crippen LogP contribution < -0.4 is 28.8 Å². The van der Waals surface area contributed by atoms with Gasteiger partial charge in [0.25, 0.3) is 11.3 Å². The highest BCUT2D eigenvalue weighted by Crippen LogP contribution is 2.41. The van der Waals surface area contributed by atoms with E-state index in [9.17, 15) is 49.5 Å². The fourth-order valence-electron chi connectivity index (χ4n) is 7.62. The lowest BCUT2D eigenvalue weighted by molar-refractivity contribution is -0.139. The van der Waals surface area contributed by atoms with Crippen LogP contribution >= 0.6 is 0 Å². The van der Waals surface area contributed by atoms with Crippen LogP contribution in [-0.2, 0) is 46.5 Å². The van der Waals surface area contributed by atoms with E-state index in [1.165, 1.54) is 66.7 Å². The number of carbonyl (C=O) groups excluding carboxylic acids is 4. The predicted octanol–water partition coefficient (Wildman–Crippen LogP) is 13.5. The van der Waals surface area contributed by atoms with E-state index in [0.717, 1.165) is 68.9 Å². The number of aryl methyl sites for hydroxylation is 1. The fraction of sp³-hybridized carbons (Fsp3) is 0.241. The highest BCUT2D eigenvalue weighted by molar-refractivity contribution is 7.89. The molecule has 6 rings (SSSR count). The second-order valence-electron chi connectivity index (χ2n) is 17.9. The predicted molar refractivity (Wildman–Crippen MR) is 302 cm³/mol. The summed E-state index contributed by atoms with van der Waals surface area (Å²) in [5, 5.41) is 21.9. The molecule has 0 aliphatic heterocycles. The van der Waals surface area contributed by atoms with Crippen molar-refractivity contribution in [3.63, 3.8) is 0 Å².